The molecule has 0 N–H and O–H groups in total. The summed E-state index contributed by atoms with van der Waals surface area (Å²) in [6, 6.07) is 7.44. The molecule has 1 aromatic carbocycles. The van der Waals surface area contributed by atoms with E-state index in [-0.39, 0.29) is 18.0 Å². The molecule has 0 bridgehead atoms. The zero-order valence-electron chi connectivity index (χ0n) is 15.9. The summed E-state index contributed by atoms with van der Waals surface area (Å²) in [4.78, 5) is 10.2. The highest BCUT2D eigenvalue weighted by molar-refractivity contribution is 7.89. The fourth-order valence-electron chi connectivity index (χ4n) is 3.22. The van der Waals surface area contributed by atoms with Crippen molar-refractivity contribution in [3.8, 4) is 11.5 Å². The van der Waals surface area contributed by atoms with Gasteiger partial charge in [-0.05, 0) is 36.4 Å². The van der Waals surface area contributed by atoms with Crippen LogP contribution in [0.3, 0.4) is 0 Å². The number of benzene rings is 1. The minimum Gasteiger partial charge on any atom is -0.463 e. The van der Waals surface area contributed by atoms with E-state index in [1.54, 1.807) is 24.4 Å². The number of nitrogens with zero attached hydrogens (tertiary/aromatic N) is 4. The molecular formula is C19H16ClF3N4O3S. The molecule has 4 rings (SSSR count). The first-order valence-corrected chi connectivity index (χ1v) is 11.0. The molecule has 0 saturated carbocycles. The zero-order chi connectivity index (χ0) is 22.2. The second-order valence-electron chi connectivity index (χ2n) is 6.75. The topological polar surface area (TPSA) is 79.5 Å². The molecule has 2 aromatic heterocycles. The van der Waals surface area contributed by atoms with E-state index in [1.165, 1.54) is 10.6 Å². The van der Waals surface area contributed by atoms with Crippen molar-refractivity contribution in [2.45, 2.75) is 11.1 Å². The second kappa shape index (κ2) is 8.13. The molecule has 1 aliphatic heterocycles. The van der Waals surface area contributed by atoms with Gasteiger partial charge in [0, 0.05) is 32.4 Å². The molecule has 3 heterocycles. The van der Waals surface area contributed by atoms with E-state index in [4.69, 9.17) is 16.0 Å². The lowest BCUT2D eigenvalue weighted by molar-refractivity contribution is -0.137. The van der Waals surface area contributed by atoms with Crippen LogP contribution in [0.5, 0.6) is 0 Å². The van der Waals surface area contributed by atoms with Crippen LogP contribution in [0, 0.1) is 0 Å². The van der Waals surface area contributed by atoms with Crippen LogP contribution in [0.4, 0.5) is 19.1 Å². The lowest BCUT2D eigenvalue weighted by atomic mass is 10.2. The molecule has 0 aliphatic carbocycles. The Labute approximate surface area is 181 Å². The van der Waals surface area contributed by atoms with E-state index < -0.39 is 26.8 Å². The smallest absolute Gasteiger partial charge is 0.416 e. The Morgan fingerprint density at radius 2 is 1.81 bits per heavy atom. The van der Waals surface area contributed by atoms with Gasteiger partial charge in [0.05, 0.1) is 16.8 Å². The highest BCUT2D eigenvalue weighted by Gasteiger charge is 2.34. The monoisotopic (exact) mass is 472 g/mol. The third-order valence-corrected chi connectivity index (χ3v) is 7.20. The number of hydrogen-bond donors (Lipinski definition) is 0. The Kier molecular flexibility index (Phi) is 5.67. The van der Waals surface area contributed by atoms with Crippen molar-refractivity contribution in [3.63, 3.8) is 0 Å². The van der Waals surface area contributed by atoms with Crippen LogP contribution < -0.4 is 4.90 Å². The van der Waals surface area contributed by atoms with E-state index in [0.717, 1.165) is 6.07 Å². The van der Waals surface area contributed by atoms with Crippen LogP contribution in [-0.2, 0) is 16.2 Å². The van der Waals surface area contributed by atoms with E-state index >= 15 is 0 Å². The maximum Gasteiger partial charge on any atom is 0.416 e. The lowest BCUT2D eigenvalue weighted by Gasteiger charge is -2.34. The number of halogens is 4. The molecule has 0 radical (unpaired) electrons. The van der Waals surface area contributed by atoms with E-state index in [9.17, 15) is 21.6 Å². The van der Waals surface area contributed by atoms with Crippen molar-refractivity contribution in [3.05, 3.63) is 59.4 Å². The third-order valence-electron chi connectivity index (χ3n) is 4.82. The summed E-state index contributed by atoms with van der Waals surface area (Å²) in [5.41, 5.74) is -0.406. The first-order valence-electron chi connectivity index (χ1n) is 9.15. The molecule has 0 unspecified atom stereocenters. The maximum absolute atomic E-state index is 12.9. The van der Waals surface area contributed by atoms with Crippen molar-refractivity contribution >= 4 is 27.6 Å². The quantitative estimate of drug-likeness (QED) is 0.572. The van der Waals surface area contributed by atoms with Crippen molar-refractivity contribution < 1.29 is 26.0 Å². The van der Waals surface area contributed by atoms with Crippen LogP contribution in [-0.4, -0.2) is 48.9 Å². The summed E-state index contributed by atoms with van der Waals surface area (Å²) >= 11 is 5.88. The number of furan rings is 1. The lowest BCUT2D eigenvalue weighted by Crippen LogP contribution is -2.49. The number of sulfonamides is 1. The number of hydrogen-bond acceptors (Lipinski definition) is 6. The van der Waals surface area contributed by atoms with Crippen LogP contribution >= 0.6 is 11.6 Å². The Morgan fingerprint density at radius 3 is 2.42 bits per heavy atom. The summed E-state index contributed by atoms with van der Waals surface area (Å²) in [6.07, 6.45) is -1.49. The van der Waals surface area contributed by atoms with Gasteiger partial charge in [0.1, 0.15) is 10.6 Å². The van der Waals surface area contributed by atoms with Gasteiger partial charge < -0.3 is 9.32 Å². The molecule has 1 aliphatic rings. The second-order valence-corrected chi connectivity index (χ2v) is 9.07. The van der Waals surface area contributed by atoms with Crippen molar-refractivity contribution in [1.82, 2.24) is 14.3 Å². The molecule has 0 spiro atoms. The van der Waals surface area contributed by atoms with Crippen molar-refractivity contribution in [2.24, 2.45) is 0 Å². The normalized spacial score (nSPS) is 15.9. The summed E-state index contributed by atoms with van der Waals surface area (Å²) < 4.78 is 70.9. The minimum atomic E-state index is -4.61. The van der Waals surface area contributed by atoms with E-state index in [1.807, 2.05) is 4.90 Å². The molecule has 7 nitrogen and oxygen atoms in total. The number of rotatable bonds is 4. The number of anilines is 1. The number of piperazine rings is 1. The Hall–Kier alpha value is -2.63. The molecule has 3 aromatic rings. The van der Waals surface area contributed by atoms with Gasteiger partial charge in [-0.15, -0.1) is 0 Å². The van der Waals surface area contributed by atoms with Crippen molar-refractivity contribution in [1.29, 1.82) is 0 Å². The van der Waals surface area contributed by atoms with Gasteiger partial charge in [0.25, 0.3) is 0 Å². The third kappa shape index (κ3) is 4.39. The first-order chi connectivity index (χ1) is 14.7. The molecule has 31 heavy (non-hydrogen) atoms. The zero-order valence-corrected chi connectivity index (χ0v) is 17.5. The average molecular weight is 473 g/mol. The number of alkyl halides is 3. The van der Waals surface area contributed by atoms with Gasteiger partial charge in [-0.2, -0.15) is 17.5 Å². The summed E-state index contributed by atoms with van der Waals surface area (Å²) in [7, 11) is -4.05. The maximum atomic E-state index is 12.9. The number of aromatic nitrogens is 2. The van der Waals surface area contributed by atoms with Crippen LogP contribution in [0.2, 0.25) is 5.02 Å². The highest BCUT2D eigenvalue weighted by Crippen LogP contribution is 2.34. The SMILES string of the molecule is O=S(=O)(c1ccc(C(F)(F)F)cc1Cl)N1CCN(c2nccc(-c3ccco3)n2)CC1. The van der Waals surface area contributed by atoms with Crippen molar-refractivity contribution in [2.75, 3.05) is 31.1 Å². The average Bonchev–Trinajstić information content (AvgIpc) is 3.28. The fraction of sp³-hybridized carbons (Fsp3) is 0.263. The molecule has 1 fully saturated rings. The van der Waals surface area contributed by atoms with Crippen LogP contribution in [0.1, 0.15) is 5.56 Å². The van der Waals surface area contributed by atoms with E-state index in [0.29, 0.717) is 42.6 Å². The molecular weight excluding hydrogens is 457 g/mol. The first kappa shape index (κ1) is 21.6. The summed E-state index contributed by atoms with van der Waals surface area (Å²) in [6.45, 7) is 0.820. The summed E-state index contributed by atoms with van der Waals surface area (Å²) in [5.74, 6) is 1.01. The van der Waals surface area contributed by atoms with Crippen LogP contribution in [0.25, 0.3) is 11.5 Å². The highest BCUT2D eigenvalue weighted by atomic mass is 35.5. The Balaban J connectivity index is 1.49. The van der Waals surface area contributed by atoms with Gasteiger partial charge in [0.2, 0.25) is 16.0 Å². The summed E-state index contributed by atoms with van der Waals surface area (Å²) in [5, 5.41) is -0.466. The Bertz CT molecular complexity index is 1180. The van der Waals surface area contributed by atoms with Gasteiger partial charge in [-0.25, -0.2) is 18.4 Å². The van der Waals surface area contributed by atoms with Gasteiger partial charge in [-0.3, -0.25) is 0 Å². The molecule has 12 heteroatoms. The fourth-order valence-corrected chi connectivity index (χ4v) is 5.16. The molecule has 0 amide bonds. The predicted molar refractivity (Wildman–Crippen MR) is 107 cm³/mol. The minimum absolute atomic E-state index is 0.105. The van der Waals surface area contributed by atoms with E-state index in [2.05, 4.69) is 9.97 Å². The standard InChI is InChI=1S/C19H16ClF3N4O3S/c20-14-12-13(19(21,22)23)3-4-17(14)31(28,29)27-9-7-26(8-10-27)18-24-6-5-15(25-18)16-2-1-11-30-16/h1-6,11-12H,7-10H2. The Morgan fingerprint density at radius 1 is 1.06 bits per heavy atom. The molecule has 0 atom stereocenters. The van der Waals surface area contributed by atoms with Crippen LogP contribution in [0.15, 0.2) is 58.2 Å². The molecule has 1 saturated heterocycles. The van der Waals surface area contributed by atoms with Gasteiger partial charge >= 0.3 is 6.18 Å². The van der Waals surface area contributed by atoms with Gasteiger partial charge in [0.15, 0.2) is 5.76 Å². The van der Waals surface area contributed by atoms with Gasteiger partial charge in [-0.1, -0.05) is 11.6 Å². The molecule has 164 valence electrons. The predicted octanol–water partition coefficient (Wildman–Crippen LogP) is 3.92. The largest absolute Gasteiger partial charge is 0.463 e.